The molecule has 1 heterocycles. The van der Waals surface area contributed by atoms with Gasteiger partial charge in [-0.05, 0) is 12.1 Å². The van der Waals surface area contributed by atoms with Crippen LogP contribution in [0.25, 0.3) is 0 Å². The molecule has 0 spiro atoms. The van der Waals surface area contributed by atoms with Gasteiger partial charge in [0.1, 0.15) is 20.7 Å². The molecule has 0 amide bonds. The van der Waals surface area contributed by atoms with Gasteiger partial charge in [-0.3, -0.25) is 4.68 Å². The Hall–Kier alpha value is -1.72. The summed E-state index contributed by atoms with van der Waals surface area (Å²) in [6.45, 7) is 2.38. The van der Waals surface area contributed by atoms with Gasteiger partial charge < -0.3 is 0 Å². The van der Waals surface area contributed by atoms with E-state index in [1.54, 1.807) is 12.7 Å². The summed E-state index contributed by atoms with van der Waals surface area (Å²) in [5, 5.41) is 7.10. The fraction of sp³-hybridized carbons (Fsp3) is 0.125. The standard InChI is InChI=1S/C16H16BrN3Si/c1-21(13-20-12-18-11-19-20,15-5-3-2-4-6-15)16-9-7-14(17)8-10-16/h2-12H,13H2,1H3. The SMILES string of the molecule is C[Si](Cn1cncn1)(c1ccccc1)c1ccc(Br)cc1. The lowest BCUT2D eigenvalue weighted by Crippen LogP contribution is -2.59. The van der Waals surface area contributed by atoms with E-state index >= 15 is 0 Å². The predicted octanol–water partition coefficient (Wildman–Crippen LogP) is 2.47. The van der Waals surface area contributed by atoms with Crippen molar-refractivity contribution < 1.29 is 0 Å². The van der Waals surface area contributed by atoms with Crippen molar-refractivity contribution in [2.24, 2.45) is 0 Å². The number of aromatic nitrogens is 3. The van der Waals surface area contributed by atoms with Crippen molar-refractivity contribution in [2.75, 3.05) is 0 Å². The lowest BCUT2D eigenvalue weighted by Gasteiger charge is -2.28. The van der Waals surface area contributed by atoms with Crippen molar-refractivity contribution in [3.63, 3.8) is 0 Å². The van der Waals surface area contributed by atoms with E-state index in [0.29, 0.717) is 0 Å². The summed E-state index contributed by atoms with van der Waals surface area (Å²) in [6.07, 6.45) is 4.28. The van der Waals surface area contributed by atoms with E-state index in [9.17, 15) is 0 Å². The van der Waals surface area contributed by atoms with Gasteiger partial charge in [-0.15, -0.1) is 0 Å². The van der Waals surface area contributed by atoms with Crippen molar-refractivity contribution >= 4 is 34.4 Å². The summed E-state index contributed by atoms with van der Waals surface area (Å²) in [5.74, 6) is 0. The van der Waals surface area contributed by atoms with Crippen LogP contribution in [0.15, 0.2) is 71.7 Å². The van der Waals surface area contributed by atoms with E-state index < -0.39 is 8.07 Å². The average molecular weight is 358 g/mol. The first-order valence-electron chi connectivity index (χ1n) is 6.82. The van der Waals surface area contributed by atoms with Gasteiger partial charge in [-0.25, -0.2) is 4.98 Å². The van der Waals surface area contributed by atoms with E-state index in [1.807, 2.05) is 4.68 Å². The van der Waals surface area contributed by atoms with Crippen molar-refractivity contribution in [3.05, 3.63) is 71.7 Å². The van der Waals surface area contributed by atoms with Gasteiger partial charge in [0.15, 0.2) is 0 Å². The Morgan fingerprint density at radius 2 is 1.67 bits per heavy atom. The fourth-order valence-electron chi connectivity index (χ4n) is 2.61. The molecule has 0 N–H and O–H groups in total. The molecule has 0 saturated heterocycles. The number of benzene rings is 2. The Balaban J connectivity index is 2.08. The molecule has 0 bridgehead atoms. The van der Waals surface area contributed by atoms with Crippen LogP contribution >= 0.6 is 15.9 Å². The molecule has 5 heteroatoms. The summed E-state index contributed by atoms with van der Waals surface area (Å²) in [4.78, 5) is 4.07. The number of rotatable bonds is 4. The van der Waals surface area contributed by atoms with Crippen LogP contribution in [0.4, 0.5) is 0 Å². The molecule has 1 atom stereocenters. The maximum absolute atomic E-state index is 4.30. The third kappa shape index (κ3) is 2.98. The maximum Gasteiger partial charge on any atom is 0.137 e. The van der Waals surface area contributed by atoms with Crippen LogP contribution in [0, 0.1) is 0 Å². The van der Waals surface area contributed by atoms with Gasteiger partial charge in [0.2, 0.25) is 0 Å². The molecule has 0 aliphatic rings. The highest BCUT2D eigenvalue weighted by Crippen LogP contribution is 2.12. The average Bonchev–Trinajstić information content (AvgIpc) is 3.01. The zero-order valence-corrected chi connectivity index (χ0v) is 14.4. The Morgan fingerprint density at radius 1 is 1.00 bits per heavy atom. The van der Waals surface area contributed by atoms with Crippen LogP contribution in [-0.2, 0) is 6.17 Å². The third-order valence-corrected chi connectivity index (χ3v) is 8.54. The summed E-state index contributed by atoms with van der Waals surface area (Å²) in [7, 11) is -1.89. The van der Waals surface area contributed by atoms with Crippen LogP contribution in [0.3, 0.4) is 0 Å². The highest BCUT2D eigenvalue weighted by Gasteiger charge is 2.32. The molecule has 3 rings (SSSR count). The molecule has 0 aliphatic heterocycles. The van der Waals surface area contributed by atoms with E-state index in [4.69, 9.17) is 0 Å². The number of halogens is 1. The molecule has 0 fully saturated rings. The minimum Gasteiger partial charge on any atom is -0.255 e. The quantitative estimate of drug-likeness (QED) is 0.671. The highest BCUT2D eigenvalue weighted by molar-refractivity contribution is 9.10. The van der Waals surface area contributed by atoms with Gasteiger partial charge in [-0.1, -0.05) is 75.3 Å². The van der Waals surface area contributed by atoms with Crippen LogP contribution in [0.1, 0.15) is 0 Å². The molecular weight excluding hydrogens is 342 g/mol. The third-order valence-electron chi connectivity index (χ3n) is 3.84. The van der Waals surface area contributed by atoms with Gasteiger partial charge in [-0.2, -0.15) is 5.10 Å². The second kappa shape index (κ2) is 5.95. The molecule has 2 aromatic carbocycles. The van der Waals surface area contributed by atoms with Gasteiger partial charge >= 0.3 is 0 Å². The molecule has 3 aromatic rings. The lowest BCUT2D eigenvalue weighted by atomic mass is 10.4. The van der Waals surface area contributed by atoms with E-state index in [1.165, 1.54) is 10.4 Å². The first-order chi connectivity index (χ1) is 10.2. The van der Waals surface area contributed by atoms with Crippen LogP contribution < -0.4 is 10.4 Å². The second-order valence-electron chi connectivity index (χ2n) is 5.30. The van der Waals surface area contributed by atoms with Crippen LogP contribution in [0.5, 0.6) is 0 Å². The van der Waals surface area contributed by atoms with Gasteiger partial charge in [0, 0.05) is 10.6 Å². The van der Waals surface area contributed by atoms with Gasteiger partial charge in [0.25, 0.3) is 0 Å². The van der Waals surface area contributed by atoms with E-state index in [2.05, 4.69) is 87.2 Å². The molecule has 0 saturated carbocycles. The molecule has 3 nitrogen and oxygen atoms in total. The molecule has 1 aromatic heterocycles. The number of hydrogen-bond acceptors (Lipinski definition) is 2. The largest absolute Gasteiger partial charge is 0.255 e. The zero-order valence-electron chi connectivity index (χ0n) is 11.8. The van der Waals surface area contributed by atoms with Crippen molar-refractivity contribution in [2.45, 2.75) is 12.7 Å². The maximum atomic E-state index is 4.30. The molecule has 0 aliphatic carbocycles. The summed E-state index contributed by atoms with van der Waals surface area (Å²) < 4.78 is 3.05. The van der Waals surface area contributed by atoms with Crippen molar-refractivity contribution in [1.82, 2.24) is 14.8 Å². The fourth-order valence-corrected chi connectivity index (χ4v) is 6.22. The first-order valence-corrected chi connectivity index (χ1v) is 10.3. The number of nitrogens with zero attached hydrogens (tertiary/aromatic N) is 3. The Morgan fingerprint density at radius 3 is 2.29 bits per heavy atom. The van der Waals surface area contributed by atoms with Crippen LogP contribution in [0.2, 0.25) is 6.55 Å². The monoisotopic (exact) mass is 357 g/mol. The van der Waals surface area contributed by atoms with Crippen molar-refractivity contribution in [1.29, 1.82) is 0 Å². The normalized spacial score (nSPS) is 13.8. The Bertz CT molecular complexity index is 698. The van der Waals surface area contributed by atoms with Crippen LogP contribution in [-0.4, -0.2) is 22.8 Å². The van der Waals surface area contributed by atoms with E-state index in [0.717, 1.165) is 10.6 Å². The second-order valence-corrected chi connectivity index (χ2v) is 10.3. The first kappa shape index (κ1) is 14.2. The molecule has 1 unspecified atom stereocenters. The number of hydrogen-bond donors (Lipinski definition) is 0. The summed E-state index contributed by atoms with van der Waals surface area (Å²) >= 11 is 3.52. The molecule has 0 radical (unpaired) electrons. The van der Waals surface area contributed by atoms with E-state index in [-0.39, 0.29) is 0 Å². The Labute approximate surface area is 133 Å². The minimum atomic E-state index is -1.89. The molecule has 106 valence electrons. The predicted molar refractivity (Wildman–Crippen MR) is 91.5 cm³/mol. The molecule has 21 heavy (non-hydrogen) atoms. The van der Waals surface area contributed by atoms with Crippen molar-refractivity contribution in [3.8, 4) is 0 Å². The molecular formula is C16H16BrN3Si. The highest BCUT2D eigenvalue weighted by atomic mass is 79.9. The topological polar surface area (TPSA) is 30.7 Å². The lowest BCUT2D eigenvalue weighted by molar-refractivity contribution is 0.727. The minimum absolute atomic E-state index is 0.888. The van der Waals surface area contributed by atoms with Gasteiger partial charge in [0.05, 0.1) is 0 Å². The summed E-state index contributed by atoms with van der Waals surface area (Å²) in [5.41, 5.74) is 0. The summed E-state index contributed by atoms with van der Waals surface area (Å²) in [6, 6.07) is 19.4. The Kier molecular flexibility index (Phi) is 4.03. The zero-order chi connectivity index (χ0) is 14.7. The smallest absolute Gasteiger partial charge is 0.137 e.